The Bertz CT molecular complexity index is 916. The van der Waals surface area contributed by atoms with E-state index in [2.05, 4.69) is 29.4 Å². The Hall–Kier alpha value is -2.37. The summed E-state index contributed by atoms with van der Waals surface area (Å²) in [6, 6.07) is 14.3. The van der Waals surface area contributed by atoms with Gasteiger partial charge in [-0.25, -0.2) is 0 Å². The van der Waals surface area contributed by atoms with E-state index in [1.807, 2.05) is 30.3 Å². The van der Waals surface area contributed by atoms with E-state index >= 15 is 0 Å². The largest absolute Gasteiger partial charge is 0.496 e. The summed E-state index contributed by atoms with van der Waals surface area (Å²) in [4.78, 5) is 26.2. The molecule has 2 aromatic carbocycles. The molecule has 0 bridgehead atoms. The fourth-order valence-corrected chi connectivity index (χ4v) is 4.33. The van der Waals surface area contributed by atoms with Gasteiger partial charge in [0.2, 0.25) is 5.91 Å². The molecule has 6 heteroatoms. The summed E-state index contributed by atoms with van der Waals surface area (Å²) in [5, 5.41) is 2.98. The number of nitrogens with zero attached hydrogens (tertiary/aromatic N) is 1. The molecule has 174 valence electrons. The lowest BCUT2D eigenvalue weighted by Gasteiger charge is -2.17. The summed E-state index contributed by atoms with van der Waals surface area (Å²) in [6.07, 6.45) is 5.09. The Kier molecular flexibility index (Phi) is 10.2. The number of carbonyl (C=O) groups excluding carboxylic acids is 2. The second-order valence-electron chi connectivity index (χ2n) is 8.53. The van der Waals surface area contributed by atoms with Crippen LogP contribution in [0.15, 0.2) is 42.5 Å². The first-order valence-corrected chi connectivity index (χ1v) is 11.2. The number of hydrogen-bond acceptors (Lipinski definition) is 4. The third-order valence-corrected chi connectivity index (χ3v) is 6.02. The van der Waals surface area contributed by atoms with Crippen LogP contribution in [-0.4, -0.2) is 49.9 Å². The number of unbranched alkanes of at least 4 members (excludes halogenated alkanes) is 1. The number of Topliss-reactive ketones (excluding diaryl/α,β-unsaturated/α-hetero) is 1. The molecule has 0 radical (unpaired) electrons. The van der Waals surface area contributed by atoms with Crippen LogP contribution < -0.4 is 10.1 Å². The minimum Gasteiger partial charge on any atom is -0.496 e. The fraction of sp³-hybridized carbons (Fsp3) is 0.462. The van der Waals surface area contributed by atoms with Crippen molar-refractivity contribution in [1.29, 1.82) is 0 Å². The van der Waals surface area contributed by atoms with E-state index in [1.54, 1.807) is 14.0 Å². The monoisotopic (exact) mass is 458 g/mol. The van der Waals surface area contributed by atoms with Gasteiger partial charge in [-0.05, 0) is 74.5 Å². The van der Waals surface area contributed by atoms with E-state index in [0.717, 1.165) is 56.5 Å². The number of halogens is 1. The summed E-state index contributed by atoms with van der Waals surface area (Å²) in [5.74, 6) is 1.16. The van der Waals surface area contributed by atoms with Crippen LogP contribution in [0.5, 0.6) is 5.75 Å². The Labute approximate surface area is 197 Å². The SMILES string of the molecule is COc1ccccc1CCN(C)CCCCC(=O)c1ccc2c(c1)CC(NC(C)=O)C2.Cl. The maximum atomic E-state index is 12.6. The highest BCUT2D eigenvalue weighted by Crippen LogP contribution is 2.24. The molecule has 1 unspecified atom stereocenters. The van der Waals surface area contributed by atoms with E-state index in [4.69, 9.17) is 4.74 Å². The lowest BCUT2D eigenvalue weighted by molar-refractivity contribution is -0.119. The molecule has 1 atom stereocenters. The van der Waals surface area contributed by atoms with Gasteiger partial charge in [0, 0.05) is 31.5 Å². The molecule has 1 aliphatic rings. The maximum Gasteiger partial charge on any atom is 0.217 e. The number of para-hydroxylation sites is 1. The zero-order valence-electron chi connectivity index (χ0n) is 19.4. The molecule has 5 nitrogen and oxygen atoms in total. The molecule has 32 heavy (non-hydrogen) atoms. The zero-order valence-corrected chi connectivity index (χ0v) is 20.2. The average Bonchev–Trinajstić information content (AvgIpc) is 3.15. The van der Waals surface area contributed by atoms with Crippen molar-refractivity contribution in [2.45, 2.75) is 51.5 Å². The fourth-order valence-electron chi connectivity index (χ4n) is 4.33. The number of benzene rings is 2. The van der Waals surface area contributed by atoms with Crippen LogP contribution in [0.25, 0.3) is 0 Å². The zero-order chi connectivity index (χ0) is 22.2. The topological polar surface area (TPSA) is 58.6 Å². The van der Waals surface area contributed by atoms with Crippen LogP contribution in [0, 0.1) is 0 Å². The highest BCUT2D eigenvalue weighted by atomic mass is 35.5. The van der Waals surface area contributed by atoms with Gasteiger partial charge in [0.05, 0.1) is 7.11 Å². The van der Waals surface area contributed by atoms with Crippen molar-refractivity contribution < 1.29 is 14.3 Å². The first-order chi connectivity index (χ1) is 15.0. The van der Waals surface area contributed by atoms with Crippen molar-refractivity contribution in [2.24, 2.45) is 0 Å². The average molecular weight is 459 g/mol. The van der Waals surface area contributed by atoms with Crippen LogP contribution in [-0.2, 0) is 24.1 Å². The third-order valence-electron chi connectivity index (χ3n) is 6.02. The minimum atomic E-state index is 0. The lowest BCUT2D eigenvalue weighted by Crippen LogP contribution is -2.33. The second kappa shape index (κ2) is 12.6. The number of nitrogens with one attached hydrogen (secondary N) is 1. The molecule has 1 amide bonds. The number of amides is 1. The van der Waals surface area contributed by atoms with Gasteiger partial charge in [0.15, 0.2) is 5.78 Å². The number of likely N-dealkylation sites (N-methyl/N-ethyl adjacent to an activating group) is 1. The van der Waals surface area contributed by atoms with Crippen molar-refractivity contribution >= 4 is 24.1 Å². The van der Waals surface area contributed by atoms with Gasteiger partial charge >= 0.3 is 0 Å². The highest BCUT2D eigenvalue weighted by molar-refractivity contribution is 5.96. The Balaban J connectivity index is 0.00000363. The number of rotatable bonds is 11. The normalized spacial score (nSPS) is 14.6. The molecule has 0 aromatic heterocycles. The molecule has 0 saturated heterocycles. The van der Waals surface area contributed by atoms with E-state index in [-0.39, 0.29) is 30.1 Å². The number of ether oxygens (including phenoxy) is 1. The van der Waals surface area contributed by atoms with Crippen molar-refractivity contribution in [3.63, 3.8) is 0 Å². The van der Waals surface area contributed by atoms with E-state index < -0.39 is 0 Å². The number of fused-ring (bicyclic) bond motifs is 1. The lowest BCUT2D eigenvalue weighted by atomic mass is 10.0. The number of ketones is 1. The molecule has 0 heterocycles. The molecule has 0 spiro atoms. The molecular weight excluding hydrogens is 424 g/mol. The summed E-state index contributed by atoms with van der Waals surface area (Å²) in [7, 11) is 3.84. The second-order valence-corrected chi connectivity index (χ2v) is 8.53. The number of methoxy groups -OCH3 is 1. The van der Waals surface area contributed by atoms with Gasteiger partial charge in [-0.15, -0.1) is 12.4 Å². The summed E-state index contributed by atoms with van der Waals surface area (Å²) < 4.78 is 5.42. The quantitative estimate of drug-likeness (QED) is 0.404. The molecule has 1 N–H and O–H groups in total. The van der Waals surface area contributed by atoms with Gasteiger partial charge in [-0.3, -0.25) is 9.59 Å². The first-order valence-electron chi connectivity index (χ1n) is 11.2. The van der Waals surface area contributed by atoms with E-state index in [1.165, 1.54) is 16.7 Å². The van der Waals surface area contributed by atoms with Gasteiger partial charge in [0.25, 0.3) is 0 Å². The van der Waals surface area contributed by atoms with Gasteiger partial charge in [-0.2, -0.15) is 0 Å². The van der Waals surface area contributed by atoms with Gasteiger partial charge < -0.3 is 15.0 Å². The standard InChI is InChI=1S/C26H34N2O3.ClH/c1-19(29)27-24-17-21-11-12-22(16-23(21)18-24)25(30)9-6-7-14-28(2)15-13-20-8-4-5-10-26(20)31-3;/h4-5,8,10-12,16,24H,6-7,9,13-15,17-18H2,1-3H3,(H,27,29);1H. The van der Waals surface area contributed by atoms with E-state index in [0.29, 0.717) is 6.42 Å². The molecule has 1 aliphatic carbocycles. The maximum absolute atomic E-state index is 12.6. The predicted molar refractivity (Wildman–Crippen MR) is 131 cm³/mol. The van der Waals surface area contributed by atoms with Crippen LogP contribution in [0.2, 0.25) is 0 Å². The Morgan fingerprint density at radius 3 is 2.56 bits per heavy atom. The third kappa shape index (κ3) is 7.35. The Morgan fingerprint density at radius 2 is 1.81 bits per heavy atom. The van der Waals surface area contributed by atoms with Crippen LogP contribution in [0.4, 0.5) is 0 Å². The molecule has 0 aliphatic heterocycles. The van der Waals surface area contributed by atoms with Crippen LogP contribution >= 0.6 is 12.4 Å². The van der Waals surface area contributed by atoms with Crippen LogP contribution in [0.3, 0.4) is 0 Å². The van der Waals surface area contributed by atoms with Crippen molar-refractivity contribution in [2.75, 3.05) is 27.2 Å². The Morgan fingerprint density at radius 1 is 1.06 bits per heavy atom. The molecular formula is C26H35ClN2O3. The predicted octanol–water partition coefficient (Wildman–Crippen LogP) is 4.25. The first kappa shape index (κ1) is 25.9. The summed E-state index contributed by atoms with van der Waals surface area (Å²) >= 11 is 0. The van der Waals surface area contributed by atoms with Crippen molar-refractivity contribution in [3.05, 3.63) is 64.7 Å². The number of carbonyl (C=O) groups is 2. The van der Waals surface area contributed by atoms with Crippen LogP contribution in [0.1, 0.15) is 53.2 Å². The molecule has 2 aromatic rings. The molecule has 0 saturated carbocycles. The van der Waals surface area contributed by atoms with Gasteiger partial charge in [0.1, 0.15) is 5.75 Å². The van der Waals surface area contributed by atoms with Crippen molar-refractivity contribution in [1.82, 2.24) is 10.2 Å². The summed E-state index contributed by atoms with van der Waals surface area (Å²) in [5.41, 5.74) is 4.46. The van der Waals surface area contributed by atoms with Gasteiger partial charge in [-0.1, -0.05) is 30.3 Å². The van der Waals surface area contributed by atoms with E-state index in [9.17, 15) is 9.59 Å². The highest BCUT2D eigenvalue weighted by Gasteiger charge is 2.23. The summed E-state index contributed by atoms with van der Waals surface area (Å²) in [6.45, 7) is 3.49. The van der Waals surface area contributed by atoms with Crippen molar-refractivity contribution in [3.8, 4) is 5.75 Å². The molecule has 3 rings (SSSR count). The minimum absolute atomic E-state index is 0. The molecule has 0 fully saturated rings. The number of hydrogen-bond donors (Lipinski definition) is 1. The smallest absolute Gasteiger partial charge is 0.217 e.